The minimum Gasteiger partial charge on any atom is -0.453 e. The molecule has 0 saturated carbocycles. The van der Waals surface area contributed by atoms with Gasteiger partial charge in [-0.15, -0.1) is 0 Å². The number of hydrogen-bond donors (Lipinski definition) is 0. The van der Waals surface area contributed by atoms with Crippen molar-refractivity contribution in [3.05, 3.63) is 70.8 Å². The van der Waals surface area contributed by atoms with Gasteiger partial charge in [-0.25, -0.2) is 4.79 Å². The fraction of sp³-hybridized carbons (Fsp3) is 0.409. The van der Waals surface area contributed by atoms with Gasteiger partial charge in [0.2, 0.25) is 0 Å². The Bertz CT molecular complexity index is 783. The molecule has 0 spiro atoms. The minimum atomic E-state index is -0.406. The highest BCUT2D eigenvalue weighted by Gasteiger charge is 2.50. The van der Waals surface area contributed by atoms with Crippen molar-refractivity contribution in [2.45, 2.75) is 44.9 Å². The summed E-state index contributed by atoms with van der Waals surface area (Å²) in [6, 6.07) is 15.6. The zero-order valence-electron chi connectivity index (χ0n) is 15.6. The molecule has 27 heavy (non-hydrogen) atoms. The Hall–Kier alpha value is -2.21. The summed E-state index contributed by atoms with van der Waals surface area (Å²) in [6.07, 6.45) is -1.04. The summed E-state index contributed by atoms with van der Waals surface area (Å²) in [5, 5.41) is 0. The highest BCUT2D eigenvalue weighted by Crippen LogP contribution is 2.31. The number of hydrogen-bond acceptors (Lipinski definition) is 5. The number of benzene rings is 2. The van der Waals surface area contributed by atoms with E-state index in [4.69, 9.17) is 18.9 Å². The smallest absolute Gasteiger partial charge is 0.338 e. The van der Waals surface area contributed by atoms with E-state index in [2.05, 4.69) is 31.2 Å². The Balaban J connectivity index is 1.32. The molecule has 2 aromatic rings. The van der Waals surface area contributed by atoms with E-state index >= 15 is 0 Å². The number of carbonyl (C=O) groups is 1. The third kappa shape index (κ3) is 4.05. The van der Waals surface area contributed by atoms with Crippen LogP contribution in [0.5, 0.6) is 0 Å². The molecule has 2 saturated heterocycles. The Morgan fingerprint density at radius 2 is 1.44 bits per heavy atom. The summed E-state index contributed by atoms with van der Waals surface area (Å²) < 4.78 is 23.3. The van der Waals surface area contributed by atoms with Crippen molar-refractivity contribution < 1.29 is 23.7 Å². The van der Waals surface area contributed by atoms with Crippen LogP contribution in [0.2, 0.25) is 0 Å². The second-order valence-electron chi connectivity index (χ2n) is 7.24. The van der Waals surface area contributed by atoms with E-state index in [1.807, 2.05) is 19.1 Å². The van der Waals surface area contributed by atoms with Gasteiger partial charge in [-0.3, -0.25) is 0 Å². The van der Waals surface area contributed by atoms with Crippen LogP contribution in [0.15, 0.2) is 48.5 Å². The third-order valence-electron chi connectivity index (χ3n) is 5.09. The Morgan fingerprint density at radius 1 is 0.889 bits per heavy atom. The molecule has 4 rings (SSSR count). The molecular formula is C22H24O5. The van der Waals surface area contributed by atoms with E-state index in [1.165, 1.54) is 5.56 Å². The predicted octanol–water partition coefficient (Wildman–Crippen LogP) is 3.21. The molecule has 0 radical (unpaired) electrons. The van der Waals surface area contributed by atoms with E-state index in [1.54, 1.807) is 12.1 Å². The van der Waals surface area contributed by atoms with E-state index in [9.17, 15) is 4.79 Å². The Morgan fingerprint density at radius 3 is 2.11 bits per heavy atom. The first kappa shape index (κ1) is 18.2. The molecule has 5 nitrogen and oxygen atoms in total. The fourth-order valence-electron chi connectivity index (χ4n) is 3.46. The number of rotatable bonds is 5. The first-order valence-corrected chi connectivity index (χ1v) is 9.28. The molecule has 0 unspecified atom stereocenters. The van der Waals surface area contributed by atoms with Crippen molar-refractivity contribution in [1.82, 2.24) is 0 Å². The van der Waals surface area contributed by atoms with Crippen LogP contribution in [0.25, 0.3) is 0 Å². The first-order valence-electron chi connectivity index (χ1n) is 9.28. The van der Waals surface area contributed by atoms with Gasteiger partial charge in [0.1, 0.15) is 18.3 Å². The van der Waals surface area contributed by atoms with Gasteiger partial charge in [-0.1, -0.05) is 47.5 Å². The standard InChI is InChI=1S/C22H24O5/c1-14-3-7-16(8-4-14)11-24-18-12-25-21-19(13-26-20(18)21)27-22(23)17-9-5-15(2)6-10-17/h3-10,18-21H,11-13H2,1-2H3/t18-,19+,20+,21+/m0/s1. The Labute approximate surface area is 159 Å². The van der Waals surface area contributed by atoms with Crippen LogP contribution in [0, 0.1) is 13.8 Å². The van der Waals surface area contributed by atoms with Crippen LogP contribution in [-0.2, 0) is 25.6 Å². The molecule has 4 atom stereocenters. The van der Waals surface area contributed by atoms with Gasteiger partial charge < -0.3 is 18.9 Å². The van der Waals surface area contributed by atoms with Crippen molar-refractivity contribution in [2.75, 3.05) is 13.2 Å². The van der Waals surface area contributed by atoms with Crippen LogP contribution in [0.4, 0.5) is 0 Å². The third-order valence-corrected chi connectivity index (χ3v) is 5.09. The van der Waals surface area contributed by atoms with Crippen molar-refractivity contribution in [3.63, 3.8) is 0 Å². The molecule has 2 aliphatic rings. The van der Waals surface area contributed by atoms with Crippen LogP contribution < -0.4 is 0 Å². The Kier molecular flexibility index (Phi) is 5.25. The molecule has 142 valence electrons. The SMILES string of the molecule is Cc1ccc(CO[C@H]2CO[C@H]3[C@@H]2OC[C@H]3OC(=O)c2ccc(C)cc2)cc1. The van der Waals surface area contributed by atoms with Crippen molar-refractivity contribution in [2.24, 2.45) is 0 Å². The van der Waals surface area contributed by atoms with Crippen molar-refractivity contribution in [1.29, 1.82) is 0 Å². The molecule has 0 bridgehead atoms. The second-order valence-corrected chi connectivity index (χ2v) is 7.24. The highest BCUT2D eigenvalue weighted by atomic mass is 16.7. The van der Waals surface area contributed by atoms with Gasteiger partial charge in [0, 0.05) is 0 Å². The molecule has 5 heteroatoms. The normalized spacial score (nSPS) is 26.7. The summed E-state index contributed by atoms with van der Waals surface area (Å²) in [7, 11) is 0. The molecule has 0 aromatic heterocycles. The summed E-state index contributed by atoms with van der Waals surface area (Å²) in [5.74, 6) is -0.350. The number of esters is 1. The average Bonchev–Trinajstić information content (AvgIpc) is 3.25. The average molecular weight is 368 g/mol. The van der Waals surface area contributed by atoms with E-state index in [-0.39, 0.29) is 24.3 Å². The molecule has 2 aliphatic heterocycles. The summed E-state index contributed by atoms with van der Waals surface area (Å²) in [6.45, 7) is 5.32. The van der Waals surface area contributed by atoms with Gasteiger partial charge >= 0.3 is 5.97 Å². The number of carbonyl (C=O) groups excluding carboxylic acids is 1. The van der Waals surface area contributed by atoms with Gasteiger partial charge in [0.25, 0.3) is 0 Å². The molecule has 0 aliphatic carbocycles. The first-order chi connectivity index (χ1) is 13.1. The van der Waals surface area contributed by atoms with Crippen molar-refractivity contribution >= 4 is 5.97 Å². The lowest BCUT2D eigenvalue weighted by Gasteiger charge is -2.17. The lowest BCUT2D eigenvalue weighted by atomic mass is 10.1. The maximum atomic E-state index is 12.4. The zero-order chi connectivity index (χ0) is 18.8. The number of ether oxygens (including phenoxy) is 4. The monoisotopic (exact) mass is 368 g/mol. The minimum absolute atomic E-state index is 0.153. The van der Waals surface area contributed by atoms with Gasteiger partial charge in [-0.2, -0.15) is 0 Å². The van der Waals surface area contributed by atoms with Gasteiger partial charge in [0.15, 0.2) is 6.10 Å². The van der Waals surface area contributed by atoms with Crippen molar-refractivity contribution in [3.8, 4) is 0 Å². The molecule has 2 aromatic carbocycles. The predicted molar refractivity (Wildman–Crippen MR) is 99.6 cm³/mol. The van der Waals surface area contributed by atoms with Crippen LogP contribution in [0.3, 0.4) is 0 Å². The summed E-state index contributed by atoms with van der Waals surface area (Å²) in [5.41, 5.74) is 3.97. The highest BCUT2D eigenvalue weighted by molar-refractivity contribution is 5.89. The zero-order valence-corrected chi connectivity index (χ0v) is 15.6. The second kappa shape index (κ2) is 7.80. The van der Waals surface area contributed by atoms with Gasteiger partial charge in [-0.05, 0) is 31.5 Å². The lowest BCUT2D eigenvalue weighted by Crippen LogP contribution is -2.35. The quantitative estimate of drug-likeness (QED) is 0.759. The van der Waals surface area contributed by atoms with Crippen LogP contribution >= 0.6 is 0 Å². The fourth-order valence-corrected chi connectivity index (χ4v) is 3.46. The molecule has 2 heterocycles. The van der Waals surface area contributed by atoms with Crippen LogP contribution in [0.1, 0.15) is 27.0 Å². The molecule has 2 fully saturated rings. The summed E-state index contributed by atoms with van der Waals surface area (Å²) in [4.78, 5) is 12.4. The van der Waals surface area contributed by atoms with E-state index in [0.717, 1.165) is 11.1 Å². The largest absolute Gasteiger partial charge is 0.453 e. The topological polar surface area (TPSA) is 54.0 Å². The van der Waals surface area contributed by atoms with E-state index in [0.29, 0.717) is 25.4 Å². The van der Waals surface area contributed by atoms with Gasteiger partial charge in [0.05, 0.1) is 25.4 Å². The molecular weight excluding hydrogens is 344 g/mol. The summed E-state index contributed by atoms with van der Waals surface area (Å²) >= 11 is 0. The molecule has 0 amide bonds. The molecule has 0 N–H and O–H groups in total. The van der Waals surface area contributed by atoms with E-state index < -0.39 is 6.10 Å². The number of fused-ring (bicyclic) bond motifs is 1. The van der Waals surface area contributed by atoms with Crippen LogP contribution in [-0.4, -0.2) is 43.6 Å². The maximum absolute atomic E-state index is 12.4. The maximum Gasteiger partial charge on any atom is 0.338 e. The lowest BCUT2D eigenvalue weighted by molar-refractivity contribution is -0.0471. The number of aryl methyl sites for hydroxylation is 2.